The van der Waals surface area contributed by atoms with Crippen LogP contribution in [0.25, 0.3) is 0 Å². The van der Waals surface area contributed by atoms with Crippen molar-refractivity contribution in [3.63, 3.8) is 0 Å². The summed E-state index contributed by atoms with van der Waals surface area (Å²) < 4.78 is 12.0. The van der Waals surface area contributed by atoms with Gasteiger partial charge in [-0.3, -0.25) is 0 Å². The van der Waals surface area contributed by atoms with Crippen molar-refractivity contribution in [2.24, 2.45) is 5.73 Å². The Morgan fingerprint density at radius 3 is 2.24 bits per heavy atom. The molecule has 1 aliphatic rings. The van der Waals surface area contributed by atoms with E-state index in [2.05, 4.69) is 15.9 Å². The van der Waals surface area contributed by atoms with Gasteiger partial charge in [0.2, 0.25) is 0 Å². The molecule has 110 valence electrons. The molecule has 0 aliphatic carbocycles. The molecule has 0 bridgehead atoms. The second kappa shape index (κ2) is 6.05. The SMILES string of the molecule is NC(c1cc2c(cc1Br)OCCO2)c1c(Cl)cccc1Cl. The maximum atomic E-state index is 6.36. The van der Waals surface area contributed by atoms with Gasteiger partial charge in [0, 0.05) is 20.1 Å². The van der Waals surface area contributed by atoms with E-state index in [1.807, 2.05) is 12.1 Å². The first-order valence-corrected chi connectivity index (χ1v) is 7.91. The minimum Gasteiger partial charge on any atom is -0.486 e. The molecule has 0 saturated heterocycles. The van der Waals surface area contributed by atoms with Crippen molar-refractivity contribution >= 4 is 39.1 Å². The summed E-state index contributed by atoms with van der Waals surface area (Å²) in [5, 5.41) is 1.08. The molecule has 2 N–H and O–H groups in total. The van der Waals surface area contributed by atoms with Crippen LogP contribution < -0.4 is 15.2 Å². The highest BCUT2D eigenvalue weighted by Crippen LogP contribution is 2.41. The van der Waals surface area contributed by atoms with Crippen LogP contribution in [0.15, 0.2) is 34.8 Å². The van der Waals surface area contributed by atoms with Gasteiger partial charge in [0.15, 0.2) is 11.5 Å². The topological polar surface area (TPSA) is 44.5 Å². The monoisotopic (exact) mass is 387 g/mol. The van der Waals surface area contributed by atoms with Gasteiger partial charge in [-0.05, 0) is 29.8 Å². The fraction of sp³-hybridized carbons (Fsp3) is 0.200. The molecule has 3 rings (SSSR count). The zero-order chi connectivity index (χ0) is 15.0. The maximum absolute atomic E-state index is 6.36. The number of ether oxygens (including phenoxy) is 2. The van der Waals surface area contributed by atoms with Crippen molar-refractivity contribution in [2.75, 3.05) is 13.2 Å². The first kappa shape index (κ1) is 15.0. The summed E-state index contributed by atoms with van der Waals surface area (Å²) in [6.45, 7) is 1.07. The highest BCUT2D eigenvalue weighted by Gasteiger charge is 2.22. The first-order valence-electron chi connectivity index (χ1n) is 6.36. The molecule has 0 aromatic heterocycles. The van der Waals surface area contributed by atoms with Crippen LogP contribution in [0.4, 0.5) is 0 Å². The second-order valence-corrected chi connectivity index (χ2v) is 6.30. The summed E-state index contributed by atoms with van der Waals surface area (Å²) in [4.78, 5) is 0. The van der Waals surface area contributed by atoms with Crippen LogP contribution in [-0.4, -0.2) is 13.2 Å². The third-order valence-electron chi connectivity index (χ3n) is 3.31. The van der Waals surface area contributed by atoms with Gasteiger partial charge in [0.1, 0.15) is 13.2 Å². The molecule has 1 atom stereocenters. The summed E-state index contributed by atoms with van der Waals surface area (Å²) in [6, 6.07) is 8.59. The zero-order valence-electron chi connectivity index (χ0n) is 10.9. The Hall–Kier alpha value is -0.940. The summed E-state index contributed by atoms with van der Waals surface area (Å²) >= 11 is 16.0. The molecular formula is C15H12BrCl2NO2. The highest BCUT2D eigenvalue weighted by molar-refractivity contribution is 9.10. The van der Waals surface area contributed by atoms with E-state index in [0.29, 0.717) is 40.3 Å². The third kappa shape index (κ3) is 2.86. The van der Waals surface area contributed by atoms with Gasteiger partial charge < -0.3 is 15.2 Å². The van der Waals surface area contributed by atoms with Gasteiger partial charge >= 0.3 is 0 Å². The summed E-state index contributed by atoms with van der Waals surface area (Å²) in [5.74, 6) is 1.38. The molecular weight excluding hydrogens is 377 g/mol. The molecule has 1 heterocycles. The minimum absolute atomic E-state index is 0.462. The number of benzene rings is 2. The average Bonchev–Trinajstić information content (AvgIpc) is 2.46. The lowest BCUT2D eigenvalue weighted by Crippen LogP contribution is -2.18. The van der Waals surface area contributed by atoms with E-state index in [4.69, 9.17) is 38.4 Å². The van der Waals surface area contributed by atoms with Crippen LogP contribution in [0.3, 0.4) is 0 Å². The number of rotatable bonds is 2. The Kier molecular flexibility index (Phi) is 4.31. The van der Waals surface area contributed by atoms with Crippen LogP contribution in [0.5, 0.6) is 11.5 Å². The van der Waals surface area contributed by atoms with E-state index in [-0.39, 0.29) is 0 Å². The van der Waals surface area contributed by atoms with Crippen LogP contribution in [0, 0.1) is 0 Å². The lowest BCUT2D eigenvalue weighted by molar-refractivity contribution is 0.171. The van der Waals surface area contributed by atoms with E-state index in [0.717, 1.165) is 10.0 Å². The molecule has 2 aromatic rings. The van der Waals surface area contributed by atoms with Crippen LogP contribution in [0.1, 0.15) is 17.2 Å². The van der Waals surface area contributed by atoms with E-state index in [9.17, 15) is 0 Å². The van der Waals surface area contributed by atoms with E-state index in [1.165, 1.54) is 0 Å². The predicted octanol–water partition coefficient (Wildman–Crippen LogP) is 4.58. The number of nitrogens with two attached hydrogens (primary N) is 1. The number of hydrogen-bond donors (Lipinski definition) is 1. The van der Waals surface area contributed by atoms with Crippen molar-refractivity contribution < 1.29 is 9.47 Å². The zero-order valence-corrected chi connectivity index (χ0v) is 14.0. The maximum Gasteiger partial charge on any atom is 0.162 e. The van der Waals surface area contributed by atoms with E-state index in [1.54, 1.807) is 18.2 Å². The normalized spacial score (nSPS) is 14.9. The Bertz CT molecular complexity index is 673. The van der Waals surface area contributed by atoms with Gasteiger partial charge in [0.25, 0.3) is 0 Å². The largest absolute Gasteiger partial charge is 0.486 e. The third-order valence-corrected chi connectivity index (χ3v) is 4.65. The predicted molar refractivity (Wildman–Crippen MR) is 87.6 cm³/mol. The number of fused-ring (bicyclic) bond motifs is 1. The minimum atomic E-state index is -0.462. The summed E-state index contributed by atoms with van der Waals surface area (Å²) in [6.07, 6.45) is 0. The Labute approximate surface area is 141 Å². The van der Waals surface area contributed by atoms with E-state index < -0.39 is 6.04 Å². The van der Waals surface area contributed by atoms with Gasteiger partial charge in [-0.2, -0.15) is 0 Å². The van der Waals surface area contributed by atoms with Crippen LogP contribution in [-0.2, 0) is 0 Å². The van der Waals surface area contributed by atoms with Crippen molar-refractivity contribution in [2.45, 2.75) is 6.04 Å². The van der Waals surface area contributed by atoms with Gasteiger partial charge in [-0.1, -0.05) is 45.2 Å². The first-order chi connectivity index (χ1) is 10.1. The van der Waals surface area contributed by atoms with Crippen LogP contribution in [0.2, 0.25) is 10.0 Å². The molecule has 1 unspecified atom stereocenters. The van der Waals surface area contributed by atoms with Crippen molar-refractivity contribution in [1.82, 2.24) is 0 Å². The van der Waals surface area contributed by atoms with Gasteiger partial charge in [-0.25, -0.2) is 0 Å². The van der Waals surface area contributed by atoms with Crippen molar-refractivity contribution in [3.8, 4) is 11.5 Å². The van der Waals surface area contributed by atoms with Gasteiger partial charge in [-0.15, -0.1) is 0 Å². The molecule has 6 heteroatoms. The van der Waals surface area contributed by atoms with Gasteiger partial charge in [0.05, 0.1) is 6.04 Å². The average molecular weight is 389 g/mol. The Morgan fingerprint density at radius 2 is 1.62 bits per heavy atom. The molecule has 0 amide bonds. The smallest absolute Gasteiger partial charge is 0.162 e. The summed E-state index contributed by atoms with van der Waals surface area (Å²) in [5.41, 5.74) is 7.89. The molecule has 1 aliphatic heterocycles. The molecule has 21 heavy (non-hydrogen) atoms. The Morgan fingerprint density at radius 1 is 1.05 bits per heavy atom. The molecule has 2 aromatic carbocycles. The fourth-order valence-corrected chi connectivity index (χ4v) is 3.48. The summed E-state index contributed by atoms with van der Waals surface area (Å²) in [7, 11) is 0. The Balaban J connectivity index is 2.07. The molecule has 0 radical (unpaired) electrons. The lowest BCUT2D eigenvalue weighted by Gasteiger charge is -2.23. The fourth-order valence-electron chi connectivity index (χ4n) is 2.28. The lowest BCUT2D eigenvalue weighted by atomic mass is 9.99. The number of halogens is 3. The number of hydrogen-bond acceptors (Lipinski definition) is 3. The molecule has 0 fully saturated rings. The van der Waals surface area contributed by atoms with Crippen LogP contribution >= 0.6 is 39.1 Å². The molecule has 0 saturated carbocycles. The standard InChI is InChI=1S/C15H12BrCl2NO2/c16-9-7-13-12(20-4-5-21-13)6-8(9)15(19)14-10(17)2-1-3-11(14)18/h1-3,6-7,15H,4-5,19H2. The quantitative estimate of drug-likeness (QED) is 0.819. The molecule has 0 spiro atoms. The van der Waals surface area contributed by atoms with Crippen molar-refractivity contribution in [3.05, 3.63) is 56.0 Å². The second-order valence-electron chi connectivity index (χ2n) is 4.63. The molecule has 3 nitrogen and oxygen atoms in total. The van der Waals surface area contributed by atoms with E-state index >= 15 is 0 Å². The van der Waals surface area contributed by atoms with Crippen molar-refractivity contribution in [1.29, 1.82) is 0 Å². The highest BCUT2D eigenvalue weighted by atomic mass is 79.9.